The van der Waals surface area contributed by atoms with Crippen molar-refractivity contribution in [2.75, 3.05) is 20.3 Å². The second-order valence-electron chi connectivity index (χ2n) is 8.31. The third kappa shape index (κ3) is 8.45. The maximum atomic E-state index is 12.3. The van der Waals surface area contributed by atoms with E-state index in [1.807, 2.05) is 42.5 Å². The first-order valence-corrected chi connectivity index (χ1v) is 12.0. The number of hydrogen-bond acceptors (Lipinski definition) is 6. The van der Waals surface area contributed by atoms with Crippen LogP contribution in [0.15, 0.2) is 72.5 Å². The summed E-state index contributed by atoms with van der Waals surface area (Å²) in [5.74, 6) is 0.488. The summed E-state index contributed by atoms with van der Waals surface area (Å²) in [5.41, 5.74) is 3.09. The van der Waals surface area contributed by atoms with E-state index in [2.05, 4.69) is 17.9 Å². The number of allylic oxidation sites excluding steroid dienone is 3. The molecule has 1 heterocycles. The molecule has 34 heavy (non-hydrogen) atoms. The van der Waals surface area contributed by atoms with Crippen LogP contribution in [-0.4, -0.2) is 44.5 Å². The van der Waals surface area contributed by atoms with E-state index < -0.39 is 12.1 Å². The third-order valence-corrected chi connectivity index (χ3v) is 5.82. The lowest BCUT2D eigenvalue weighted by Gasteiger charge is -2.25. The van der Waals surface area contributed by atoms with Crippen molar-refractivity contribution in [3.63, 3.8) is 0 Å². The van der Waals surface area contributed by atoms with Crippen LogP contribution in [0, 0.1) is 11.8 Å². The van der Waals surface area contributed by atoms with Crippen LogP contribution < -0.4 is 4.74 Å². The molecule has 0 N–H and O–H groups in total. The topological polar surface area (TPSA) is 71.1 Å². The summed E-state index contributed by atoms with van der Waals surface area (Å²) in [4.78, 5) is 24.3. The van der Waals surface area contributed by atoms with Gasteiger partial charge in [0.15, 0.2) is 18.2 Å². The minimum Gasteiger partial charge on any atom is -0.493 e. The van der Waals surface area contributed by atoms with Gasteiger partial charge in [0.2, 0.25) is 0 Å². The summed E-state index contributed by atoms with van der Waals surface area (Å²) < 4.78 is 21.9. The van der Waals surface area contributed by atoms with Gasteiger partial charge in [-0.25, -0.2) is 4.79 Å². The van der Waals surface area contributed by atoms with Gasteiger partial charge in [-0.2, -0.15) is 0 Å². The molecule has 1 aliphatic carbocycles. The molecule has 4 atom stereocenters. The highest BCUT2D eigenvalue weighted by Crippen LogP contribution is 2.27. The molecular formula is C28H34O6. The van der Waals surface area contributed by atoms with E-state index in [0.717, 1.165) is 31.4 Å². The Kier molecular flexibility index (Phi) is 10.9. The lowest BCUT2D eigenvalue weighted by molar-refractivity contribution is -0.201. The summed E-state index contributed by atoms with van der Waals surface area (Å²) in [6.07, 6.45) is 14.7. The van der Waals surface area contributed by atoms with Crippen LogP contribution >= 0.6 is 0 Å². The Morgan fingerprint density at radius 3 is 2.85 bits per heavy atom. The molecular weight excluding hydrogens is 432 g/mol. The maximum Gasteiger partial charge on any atom is 0.335 e. The van der Waals surface area contributed by atoms with Crippen molar-refractivity contribution in [2.45, 2.75) is 50.9 Å². The van der Waals surface area contributed by atoms with Crippen molar-refractivity contribution in [1.82, 2.24) is 0 Å². The Hall–Kier alpha value is -2.92. The van der Waals surface area contributed by atoms with Crippen LogP contribution in [-0.2, 0) is 23.8 Å². The van der Waals surface area contributed by atoms with Gasteiger partial charge in [0.1, 0.15) is 5.75 Å². The van der Waals surface area contributed by atoms with Crippen LogP contribution in [0.1, 0.15) is 38.5 Å². The molecule has 1 fully saturated rings. The number of ketones is 1. The largest absolute Gasteiger partial charge is 0.493 e. The molecule has 6 nitrogen and oxygen atoms in total. The van der Waals surface area contributed by atoms with E-state index >= 15 is 0 Å². The molecule has 2 aliphatic rings. The van der Waals surface area contributed by atoms with Crippen LogP contribution in [0.2, 0.25) is 0 Å². The Morgan fingerprint density at radius 1 is 1.24 bits per heavy atom. The molecule has 2 unspecified atom stereocenters. The molecule has 1 saturated heterocycles. The van der Waals surface area contributed by atoms with Gasteiger partial charge in [0.25, 0.3) is 0 Å². The Balaban J connectivity index is 1.44. The lowest BCUT2D eigenvalue weighted by atomic mass is 9.91. The smallest absolute Gasteiger partial charge is 0.335 e. The number of benzene rings is 1. The number of carbonyl (C=O) groups is 2. The van der Waals surface area contributed by atoms with Gasteiger partial charge in [-0.3, -0.25) is 4.79 Å². The van der Waals surface area contributed by atoms with Crippen molar-refractivity contribution < 1.29 is 28.5 Å². The fraction of sp³-hybridized carbons (Fsp3) is 0.464. The fourth-order valence-electron chi connectivity index (χ4n) is 3.93. The first kappa shape index (κ1) is 25.7. The Labute approximate surface area is 201 Å². The average Bonchev–Trinajstić information content (AvgIpc) is 3.22. The van der Waals surface area contributed by atoms with Crippen LogP contribution in [0.5, 0.6) is 5.75 Å². The maximum absolute atomic E-state index is 12.3. The molecule has 0 bridgehead atoms. The minimum atomic E-state index is -0.724. The van der Waals surface area contributed by atoms with Crippen LogP contribution in [0.25, 0.3) is 0 Å². The number of para-hydroxylation sites is 1. The number of esters is 1. The van der Waals surface area contributed by atoms with Crippen LogP contribution in [0.4, 0.5) is 0 Å². The van der Waals surface area contributed by atoms with Crippen molar-refractivity contribution >= 4 is 11.8 Å². The van der Waals surface area contributed by atoms with Gasteiger partial charge in [-0.05, 0) is 62.5 Å². The molecule has 0 saturated carbocycles. The van der Waals surface area contributed by atoms with Gasteiger partial charge in [0, 0.05) is 24.9 Å². The summed E-state index contributed by atoms with van der Waals surface area (Å²) in [6, 6.07) is 9.71. The fourth-order valence-corrected chi connectivity index (χ4v) is 3.93. The number of ether oxygens (including phenoxy) is 4. The quantitative estimate of drug-likeness (QED) is 0.188. The van der Waals surface area contributed by atoms with Gasteiger partial charge >= 0.3 is 5.97 Å². The Bertz CT molecular complexity index is 891. The first-order chi connectivity index (χ1) is 16.7. The number of rotatable bonds is 12. The van der Waals surface area contributed by atoms with E-state index in [1.165, 1.54) is 7.11 Å². The van der Waals surface area contributed by atoms with E-state index in [4.69, 9.17) is 18.9 Å². The highest BCUT2D eigenvalue weighted by molar-refractivity contribution is 5.95. The molecule has 6 heteroatoms. The Morgan fingerprint density at radius 2 is 2.09 bits per heavy atom. The molecule has 0 radical (unpaired) electrons. The normalized spacial score (nSPS) is 22.9. The standard InChI is InChI=1S/C28H34O6/c1-31-28(30)26(34-27-17-9-11-21-33-27)16-7-3-6-15-24-22(18-19-25(24)29)12-8-10-20-32-23-13-4-2-5-14-23/h2,4-8,12-14,18-19,22,24,26-27H,9-11,15-17,20-21H2,1H3/b12-8+/t3?,22-,24+,26?,27?/m0/s1. The molecule has 0 aromatic heterocycles. The second-order valence-corrected chi connectivity index (χ2v) is 8.31. The zero-order valence-corrected chi connectivity index (χ0v) is 19.8. The SMILES string of the molecule is COC(=O)C(CC=C=CC[C@H]1C(=O)C=C[C@@H]1/C=C/CCOc1ccccc1)OC1CCCCO1. The van der Waals surface area contributed by atoms with Gasteiger partial charge < -0.3 is 18.9 Å². The van der Waals surface area contributed by atoms with Gasteiger partial charge in [-0.15, -0.1) is 5.73 Å². The predicted octanol–water partition coefficient (Wildman–Crippen LogP) is 4.96. The van der Waals surface area contributed by atoms with E-state index in [0.29, 0.717) is 26.1 Å². The summed E-state index contributed by atoms with van der Waals surface area (Å²) >= 11 is 0. The summed E-state index contributed by atoms with van der Waals surface area (Å²) in [7, 11) is 1.35. The van der Waals surface area contributed by atoms with Crippen molar-refractivity contribution in [3.05, 3.63) is 72.5 Å². The molecule has 182 valence electrons. The average molecular weight is 467 g/mol. The second kappa shape index (κ2) is 14.4. The first-order valence-electron chi connectivity index (χ1n) is 12.0. The monoisotopic (exact) mass is 466 g/mol. The molecule has 3 rings (SSSR count). The molecule has 1 aromatic carbocycles. The summed E-state index contributed by atoms with van der Waals surface area (Å²) in [5, 5.41) is 0. The van der Waals surface area contributed by atoms with Crippen molar-refractivity contribution in [3.8, 4) is 5.75 Å². The van der Waals surface area contributed by atoms with Crippen molar-refractivity contribution in [1.29, 1.82) is 0 Å². The lowest BCUT2D eigenvalue weighted by Crippen LogP contribution is -2.33. The number of hydrogen-bond donors (Lipinski definition) is 0. The number of methoxy groups -OCH3 is 1. The van der Waals surface area contributed by atoms with Gasteiger partial charge in [0.05, 0.1) is 13.7 Å². The molecule has 0 spiro atoms. The number of carbonyl (C=O) groups excluding carboxylic acids is 2. The van der Waals surface area contributed by atoms with Crippen LogP contribution in [0.3, 0.4) is 0 Å². The van der Waals surface area contributed by atoms with Crippen molar-refractivity contribution in [2.24, 2.45) is 11.8 Å². The van der Waals surface area contributed by atoms with E-state index in [1.54, 1.807) is 12.2 Å². The minimum absolute atomic E-state index is 0.0666. The highest BCUT2D eigenvalue weighted by Gasteiger charge is 2.27. The molecule has 0 amide bonds. The highest BCUT2D eigenvalue weighted by atomic mass is 16.7. The van der Waals surface area contributed by atoms with Gasteiger partial charge in [-0.1, -0.05) is 36.4 Å². The summed E-state index contributed by atoms with van der Waals surface area (Å²) in [6.45, 7) is 1.24. The predicted molar refractivity (Wildman–Crippen MR) is 129 cm³/mol. The third-order valence-electron chi connectivity index (χ3n) is 5.82. The molecule has 1 aromatic rings. The van der Waals surface area contributed by atoms with E-state index in [-0.39, 0.29) is 23.9 Å². The molecule has 1 aliphatic heterocycles. The van der Waals surface area contributed by atoms with E-state index in [9.17, 15) is 9.59 Å². The zero-order valence-electron chi connectivity index (χ0n) is 19.8. The zero-order chi connectivity index (χ0) is 24.0.